The first-order chi connectivity index (χ1) is 6.20. The summed E-state index contributed by atoms with van der Waals surface area (Å²) in [7, 11) is 0.705. The van der Waals surface area contributed by atoms with Crippen LogP contribution in [0.2, 0.25) is 6.04 Å². The molecule has 0 amide bonds. The summed E-state index contributed by atoms with van der Waals surface area (Å²) >= 11 is 0. The monoisotopic (exact) mass is 203 g/mol. The molecule has 3 nitrogen and oxygen atoms in total. The Bertz CT molecular complexity index is 106. The van der Waals surface area contributed by atoms with Crippen LogP contribution < -0.4 is 5.73 Å². The minimum Gasteiger partial charge on any atom is -0.357 e. The molecule has 0 aromatic carbocycles. The first-order valence-corrected chi connectivity index (χ1v) is 6.21. The van der Waals surface area contributed by atoms with E-state index in [0.29, 0.717) is 9.52 Å². The smallest absolute Gasteiger partial charge is 0.137 e. The van der Waals surface area contributed by atoms with Crippen molar-refractivity contribution in [2.75, 3.05) is 13.2 Å². The van der Waals surface area contributed by atoms with Crippen LogP contribution in [0.4, 0.5) is 0 Å². The molecule has 78 valence electrons. The number of rotatable bonds is 8. The molecule has 1 atom stereocenters. The third-order valence-corrected chi connectivity index (χ3v) is 2.79. The molecule has 0 aromatic heterocycles. The van der Waals surface area contributed by atoms with Gasteiger partial charge in [-0.2, -0.15) is 0 Å². The summed E-state index contributed by atoms with van der Waals surface area (Å²) in [6.45, 7) is 7.44. The third-order valence-electron chi connectivity index (χ3n) is 1.55. The van der Waals surface area contributed by atoms with Crippen LogP contribution >= 0.6 is 0 Å². The normalized spacial score (nSPS) is 13.6. The Morgan fingerprint density at radius 2 is 1.77 bits per heavy atom. The van der Waals surface area contributed by atoms with E-state index in [1.54, 1.807) is 0 Å². The van der Waals surface area contributed by atoms with Crippen molar-refractivity contribution in [3.63, 3.8) is 0 Å². The number of nitrogens with two attached hydrogens (primary N) is 1. The van der Waals surface area contributed by atoms with E-state index in [-0.39, 0.29) is 12.0 Å². The molecule has 0 aliphatic heterocycles. The van der Waals surface area contributed by atoms with Crippen LogP contribution in [0.3, 0.4) is 0 Å². The summed E-state index contributed by atoms with van der Waals surface area (Å²) in [4.78, 5) is 0. The lowest BCUT2D eigenvalue weighted by molar-refractivity contribution is -0.0827. The highest BCUT2D eigenvalue weighted by atomic mass is 28.2. The zero-order valence-electron chi connectivity index (χ0n) is 8.88. The van der Waals surface area contributed by atoms with Crippen molar-refractivity contribution in [3.8, 4) is 0 Å². The number of hydrogen-bond acceptors (Lipinski definition) is 3. The van der Waals surface area contributed by atoms with E-state index in [4.69, 9.17) is 15.2 Å². The Morgan fingerprint density at radius 3 is 2.15 bits per heavy atom. The van der Waals surface area contributed by atoms with Crippen molar-refractivity contribution in [2.45, 2.75) is 45.2 Å². The van der Waals surface area contributed by atoms with Gasteiger partial charge in [0.15, 0.2) is 0 Å². The van der Waals surface area contributed by atoms with Gasteiger partial charge in [0.2, 0.25) is 0 Å². The zero-order chi connectivity index (χ0) is 10.1. The average molecular weight is 203 g/mol. The molecule has 0 bridgehead atoms. The highest BCUT2D eigenvalue weighted by molar-refractivity contribution is 6.36. The van der Waals surface area contributed by atoms with Gasteiger partial charge in [0.25, 0.3) is 0 Å². The third kappa shape index (κ3) is 8.43. The molecule has 1 unspecified atom stereocenters. The summed E-state index contributed by atoms with van der Waals surface area (Å²) < 4.78 is 10.8. The van der Waals surface area contributed by atoms with Gasteiger partial charge in [0, 0.05) is 19.3 Å². The van der Waals surface area contributed by atoms with Crippen molar-refractivity contribution in [1.29, 1.82) is 0 Å². The molecule has 13 heavy (non-hydrogen) atoms. The molecule has 0 saturated carbocycles. The maximum atomic E-state index is 5.65. The van der Waals surface area contributed by atoms with E-state index in [2.05, 4.69) is 0 Å². The number of hydrogen-bond donors (Lipinski definition) is 1. The molecule has 0 heterocycles. The van der Waals surface area contributed by atoms with Crippen LogP contribution in [-0.2, 0) is 9.47 Å². The van der Waals surface area contributed by atoms with Gasteiger partial charge in [-0.15, -0.1) is 0 Å². The van der Waals surface area contributed by atoms with E-state index in [1.165, 1.54) is 0 Å². The molecule has 0 fully saturated rings. The summed E-state index contributed by atoms with van der Waals surface area (Å²) in [6, 6.07) is 1.39. The fourth-order valence-corrected chi connectivity index (χ4v) is 2.32. The van der Waals surface area contributed by atoms with Crippen molar-refractivity contribution in [2.24, 2.45) is 5.73 Å². The van der Waals surface area contributed by atoms with E-state index >= 15 is 0 Å². The second kappa shape index (κ2) is 8.68. The van der Waals surface area contributed by atoms with E-state index in [9.17, 15) is 0 Å². The first-order valence-electron chi connectivity index (χ1n) is 4.92. The summed E-state index contributed by atoms with van der Waals surface area (Å²) in [6.07, 6.45) is 1.05. The van der Waals surface area contributed by atoms with Crippen LogP contribution in [0.25, 0.3) is 0 Å². The Balaban J connectivity index is 3.44. The molecule has 2 N–H and O–H groups in total. The molecule has 0 saturated heterocycles. The lowest BCUT2D eigenvalue weighted by Crippen LogP contribution is -2.26. The van der Waals surface area contributed by atoms with Gasteiger partial charge in [-0.1, -0.05) is 6.04 Å². The lowest BCUT2D eigenvalue weighted by atomic mass is 10.3. The van der Waals surface area contributed by atoms with Crippen LogP contribution in [0, 0.1) is 0 Å². The topological polar surface area (TPSA) is 44.5 Å². The molecule has 0 aromatic rings. The quantitative estimate of drug-likeness (QED) is 0.476. The maximum absolute atomic E-state index is 5.65. The van der Waals surface area contributed by atoms with Gasteiger partial charge in [-0.3, -0.25) is 0 Å². The predicted molar refractivity (Wildman–Crippen MR) is 55.9 cm³/mol. The molecule has 0 aliphatic rings. The minimum atomic E-state index is -0.00579. The molecule has 0 aliphatic carbocycles. The van der Waals surface area contributed by atoms with Gasteiger partial charge >= 0.3 is 0 Å². The first kappa shape index (κ1) is 13.1. The van der Waals surface area contributed by atoms with E-state index < -0.39 is 0 Å². The maximum Gasteiger partial charge on any atom is 0.137 e. The fraction of sp³-hybridized carbons (Fsp3) is 1.00. The largest absolute Gasteiger partial charge is 0.357 e. The van der Waals surface area contributed by atoms with Gasteiger partial charge < -0.3 is 15.2 Å². The zero-order valence-corrected chi connectivity index (χ0v) is 9.88. The van der Waals surface area contributed by atoms with Gasteiger partial charge in [-0.05, 0) is 27.2 Å². The van der Waals surface area contributed by atoms with Crippen molar-refractivity contribution < 1.29 is 9.47 Å². The van der Waals surface area contributed by atoms with Crippen LogP contribution in [0.5, 0.6) is 0 Å². The highest BCUT2D eigenvalue weighted by Crippen LogP contribution is 2.00. The van der Waals surface area contributed by atoms with Crippen LogP contribution in [0.1, 0.15) is 27.2 Å². The SMILES string of the molecule is CCOC(OCC)[Si]CCC(C)N. The summed E-state index contributed by atoms with van der Waals surface area (Å²) in [5.41, 5.74) is 5.65. The van der Waals surface area contributed by atoms with Gasteiger partial charge in [0.1, 0.15) is 15.4 Å². The molecular weight excluding hydrogens is 182 g/mol. The van der Waals surface area contributed by atoms with Crippen molar-refractivity contribution in [3.05, 3.63) is 0 Å². The van der Waals surface area contributed by atoms with Crippen LogP contribution in [-0.4, -0.2) is 34.7 Å². The second-order valence-corrected chi connectivity index (χ2v) is 4.34. The predicted octanol–water partition coefficient (Wildman–Crippen LogP) is 1.20. The number of ether oxygens (including phenoxy) is 2. The Morgan fingerprint density at radius 1 is 1.23 bits per heavy atom. The second-order valence-electron chi connectivity index (χ2n) is 2.96. The molecular formula is C9H21NO2Si. The van der Waals surface area contributed by atoms with Gasteiger partial charge in [0.05, 0.1) is 0 Å². The fourth-order valence-electron chi connectivity index (χ4n) is 0.898. The Hall–Kier alpha value is 0.0969. The average Bonchev–Trinajstić information content (AvgIpc) is 2.04. The van der Waals surface area contributed by atoms with E-state index in [1.807, 2.05) is 20.8 Å². The van der Waals surface area contributed by atoms with E-state index in [0.717, 1.165) is 25.7 Å². The standard InChI is InChI=1S/C9H21NO2Si/c1-4-11-9(12-5-2)13-7-6-8(3)10/h8-9H,4-7,10H2,1-3H3. The lowest BCUT2D eigenvalue weighted by Gasteiger charge is -2.16. The summed E-state index contributed by atoms with van der Waals surface area (Å²) in [5.74, 6) is -0.00579. The summed E-state index contributed by atoms with van der Waals surface area (Å²) in [5, 5.41) is 0. The molecule has 2 radical (unpaired) electrons. The highest BCUT2D eigenvalue weighted by Gasteiger charge is 2.08. The van der Waals surface area contributed by atoms with Crippen molar-refractivity contribution in [1.82, 2.24) is 0 Å². The minimum absolute atomic E-state index is 0.00579. The molecule has 0 rings (SSSR count). The van der Waals surface area contributed by atoms with Gasteiger partial charge in [-0.25, -0.2) is 0 Å². The molecule has 4 heteroatoms. The van der Waals surface area contributed by atoms with Crippen LogP contribution in [0.15, 0.2) is 0 Å². The Labute approximate surface area is 83.8 Å². The van der Waals surface area contributed by atoms with Crippen molar-refractivity contribution >= 4 is 9.52 Å². The Kier molecular flexibility index (Phi) is 8.75. The molecule has 0 spiro atoms.